The van der Waals surface area contributed by atoms with Gasteiger partial charge in [0.25, 0.3) is 5.91 Å². The molecule has 1 aromatic carbocycles. The van der Waals surface area contributed by atoms with E-state index in [1.807, 2.05) is 11.8 Å². The number of morpholine rings is 1. The summed E-state index contributed by atoms with van der Waals surface area (Å²) in [5.41, 5.74) is -0.740. The highest BCUT2D eigenvalue weighted by atomic mass is 19.4. The molecular weight excluding hydrogens is 349 g/mol. The van der Waals surface area contributed by atoms with Gasteiger partial charge in [-0.05, 0) is 30.3 Å². The van der Waals surface area contributed by atoms with Crippen LogP contribution in [0, 0.1) is 0 Å². The van der Waals surface area contributed by atoms with Gasteiger partial charge >= 0.3 is 6.18 Å². The molecule has 1 N–H and O–H groups in total. The van der Waals surface area contributed by atoms with Crippen LogP contribution >= 0.6 is 0 Å². The molecule has 0 saturated carbocycles. The van der Waals surface area contributed by atoms with E-state index in [-0.39, 0.29) is 11.4 Å². The summed E-state index contributed by atoms with van der Waals surface area (Å²) in [5, 5.41) is 2.31. The molecule has 1 amide bonds. The van der Waals surface area contributed by atoms with Crippen LogP contribution in [0.25, 0.3) is 0 Å². The first-order valence-corrected chi connectivity index (χ1v) is 8.32. The van der Waals surface area contributed by atoms with Crippen molar-refractivity contribution in [3.8, 4) is 0 Å². The molecule has 1 saturated heterocycles. The lowest BCUT2D eigenvalue weighted by atomic mass is 10.1. The normalized spacial score (nSPS) is 15.2. The summed E-state index contributed by atoms with van der Waals surface area (Å²) in [5.74, 6) is -0.143. The van der Waals surface area contributed by atoms with Gasteiger partial charge in [0.15, 0.2) is 5.76 Å². The van der Waals surface area contributed by atoms with Crippen LogP contribution in [0.1, 0.15) is 28.8 Å². The van der Waals surface area contributed by atoms with Gasteiger partial charge in [-0.1, -0.05) is 6.92 Å². The van der Waals surface area contributed by atoms with Gasteiger partial charge in [-0.3, -0.25) is 4.79 Å². The monoisotopic (exact) mass is 368 g/mol. The van der Waals surface area contributed by atoms with Crippen LogP contribution in [0.2, 0.25) is 0 Å². The standard InChI is InChI=1S/C18H19F3N2O3/c1-2-13-4-6-16(26-13)17(24)22-15-5-3-12(11-14(15)18(19,20)21)23-7-9-25-10-8-23/h3-6,11H,2,7-10H2,1H3,(H,22,24). The molecule has 1 aliphatic heterocycles. The maximum absolute atomic E-state index is 13.5. The summed E-state index contributed by atoms with van der Waals surface area (Å²) >= 11 is 0. The van der Waals surface area contributed by atoms with Crippen molar-refractivity contribution in [2.45, 2.75) is 19.5 Å². The van der Waals surface area contributed by atoms with E-state index in [0.29, 0.717) is 44.2 Å². The lowest BCUT2D eigenvalue weighted by Crippen LogP contribution is -2.36. The number of ether oxygens (including phenoxy) is 1. The van der Waals surface area contributed by atoms with E-state index in [1.165, 1.54) is 12.1 Å². The van der Waals surface area contributed by atoms with Crippen molar-refractivity contribution in [1.82, 2.24) is 0 Å². The first-order valence-electron chi connectivity index (χ1n) is 8.32. The highest BCUT2D eigenvalue weighted by molar-refractivity contribution is 6.02. The molecule has 2 aromatic rings. The third-order valence-corrected chi connectivity index (χ3v) is 4.17. The Morgan fingerprint density at radius 1 is 1.19 bits per heavy atom. The second kappa shape index (κ2) is 7.41. The van der Waals surface area contributed by atoms with Crippen molar-refractivity contribution in [3.05, 3.63) is 47.4 Å². The number of aryl methyl sites for hydroxylation is 1. The number of carbonyl (C=O) groups is 1. The van der Waals surface area contributed by atoms with E-state index in [2.05, 4.69) is 5.32 Å². The topological polar surface area (TPSA) is 54.7 Å². The van der Waals surface area contributed by atoms with Crippen molar-refractivity contribution in [2.24, 2.45) is 0 Å². The number of furan rings is 1. The molecule has 0 radical (unpaired) electrons. The lowest BCUT2D eigenvalue weighted by Gasteiger charge is -2.29. The Hall–Kier alpha value is -2.48. The van der Waals surface area contributed by atoms with E-state index in [9.17, 15) is 18.0 Å². The zero-order valence-corrected chi connectivity index (χ0v) is 14.2. The maximum Gasteiger partial charge on any atom is 0.418 e. The van der Waals surface area contributed by atoms with Crippen LogP contribution < -0.4 is 10.2 Å². The number of benzene rings is 1. The largest absolute Gasteiger partial charge is 0.456 e. The van der Waals surface area contributed by atoms with Gasteiger partial charge < -0.3 is 19.4 Å². The van der Waals surface area contributed by atoms with Crippen LogP contribution in [0.3, 0.4) is 0 Å². The third kappa shape index (κ3) is 4.01. The average molecular weight is 368 g/mol. The Balaban J connectivity index is 1.86. The predicted octanol–water partition coefficient (Wildman–Crippen LogP) is 3.95. The number of amides is 1. The molecule has 0 unspecified atom stereocenters. The zero-order chi connectivity index (χ0) is 18.7. The molecule has 8 heteroatoms. The number of hydrogen-bond acceptors (Lipinski definition) is 4. The number of carbonyl (C=O) groups excluding carboxylic acids is 1. The molecule has 0 bridgehead atoms. The Morgan fingerprint density at radius 3 is 2.54 bits per heavy atom. The maximum atomic E-state index is 13.5. The Labute approximate surface area is 148 Å². The number of hydrogen-bond donors (Lipinski definition) is 1. The summed E-state index contributed by atoms with van der Waals surface area (Å²) < 4.78 is 51.0. The van der Waals surface area contributed by atoms with Crippen molar-refractivity contribution in [2.75, 3.05) is 36.5 Å². The molecule has 1 fully saturated rings. The zero-order valence-electron chi connectivity index (χ0n) is 14.2. The average Bonchev–Trinajstić information content (AvgIpc) is 3.11. The van der Waals surface area contributed by atoms with Crippen molar-refractivity contribution in [1.29, 1.82) is 0 Å². The van der Waals surface area contributed by atoms with Crippen LogP contribution in [0.15, 0.2) is 34.7 Å². The fraction of sp³-hybridized carbons (Fsp3) is 0.389. The third-order valence-electron chi connectivity index (χ3n) is 4.17. The van der Waals surface area contributed by atoms with Gasteiger partial charge in [-0.25, -0.2) is 0 Å². The van der Waals surface area contributed by atoms with E-state index < -0.39 is 17.6 Å². The highest BCUT2D eigenvalue weighted by Crippen LogP contribution is 2.37. The molecule has 0 atom stereocenters. The van der Waals surface area contributed by atoms with Crippen LogP contribution in [0.4, 0.5) is 24.5 Å². The minimum Gasteiger partial charge on any atom is -0.456 e. The lowest BCUT2D eigenvalue weighted by molar-refractivity contribution is -0.136. The minimum atomic E-state index is -4.59. The van der Waals surface area contributed by atoms with Gasteiger partial charge in [0.1, 0.15) is 5.76 Å². The molecule has 2 heterocycles. The summed E-state index contributed by atoms with van der Waals surface area (Å²) in [6.45, 7) is 3.84. The molecule has 26 heavy (non-hydrogen) atoms. The van der Waals surface area contributed by atoms with E-state index in [1.54, 1.807) is 12.1 Å². The highest BCUT2D eigenvalue weighted by Gasteiger charge is 2.35. The first kappa shape index (κ1) is 18.3. The second-order valence-corrected chi connectivity index (χ2v) is 5.90. The Morgan fingerprint density at radius 2 is 1.92 bits per heavy atom. The second-order valence-electron chi connectivity index (χ2n) is 5.90. The van der Waals surface area contributed by atoms with Gasteiger partial charge in [-0.15, -0.1) is 0 Å². The van der Waals surface area contributed by atoms with Gasteiger partial charge in [0, 0.05) is 25.2 Å². The summed E-state index contributed by atoms with van der Waals surface area (Å²) in [7, 11) is 0. The van der Waals surface area contributed by atoms with Crippen LogP contribution in [-0.4, -0.2) is 32.2 Å². The van der Waals surface area contributed by atoms with Gasteiger partial charge in [0.05, 0.1) is 24.5 Å². The molecule has 0 spiro atoms. The van der Waals surface area contributed by atoms with E-state index >= 15 is 0 Å². The molecule has 3 rings (SSSR count). The number of anilines is 2. The number of nitrogens with zero attached hydrogens (tertiary/aromatic N) is 1. The van der Waals surface area contributed by atoms with Gasteiger partial charge in [-0.2, -0.15) is 13.2 Å². The van der Waals surface area contributed by atoms with Gasteiger partial charge in [0.2, 0.25) is 0 Å². The quantitative estimate of drug-likeness (QED) is 0.888. The number of halogens is 3. The number of rotatable bonds is 4. The summed E-state index contributed by atoms with van der Waals surface area (Å²) in [6.07, 6.45) is -4.00. The molecular formula is C18H19F3N2O3. The van der Waals surface area contributed by atoms with Crippen molar-refractivity contribution < 1.29 is 27.1 Å². The van der Waals surface area contributed by atoms with E-state index in [4.69, 9.17) is 9.15 Å². The molecule has 1 aromatic heterocycles. The van der Waals surface area contributed by atoms with Crippen LogP contribution in [0.5, 0.6) is 0 Å². The summed E-state index contributed by atoms with van der Waals surface area (Å²) in [6, 6.07) is 6.97. The molecule has 0 aliphatic carbocycles. The fourth-order valence-electron chi connectivity index (χ4n) is 2.77. The van der Waals surface area contributed by atoms with Crippen LogP contribution in [-0.2, 0) is 17.3 Å². The molecule has 140 valence electrons. The number of alkyl halides is 3. The fourth-order valence-corrected chi connectivity index (χ4v) is 2.77. The van der Waals surface area contributed by atoms with Crippen molar-refractivity contribution in [3.63, 3.8) is 0 Å². The van der Waals surface area contributed by atoms with Crippen molar-refractivity contribution >= 4 is 17.3 Å². The molecule has 1 aliphatic rings. The predicted molar refractivity (Wildman–Crippen MR) is 90.5 cm³/mol. The number of nitrogens with one attached hydrogen (secondary N) is 1. The smallest absolute Gasteiger partial charge is 0.418 e. The SMILES string of the molecule is CCc1ccc(C(=O)Nc2ccc(N3CCOCC3)cc2C(F)(F)F)o1. The summed E-state index contributed by atoms with van der Waals surface area (Å²) in [4.78, 5) is 14.0. The van der Waals surface area contributed by atoms with E-state index in [0.717, 1.165) is 6.07 Å². The Bertz CT molecular complexity index is 780. The Kier molecular flexibility index (Phi) is 5.22. The molecule has 5 nitrogen and oxygen atoms in total. The first-order chi connectivity index (χ1) is 12.4. The minimum absolute atomic E-state index is 0.0211.